The summed E-state index contributed by atoms with van der Waals surface area (Å²) < 4.78 is 1.80. The fourth-order valence-corrected chi connectivity index (χ4v) is 4.27. The van der Waals surface area contributed by atoms with Gasteiger partial charge in [-0.05, 0) is 68.4 Å². The van der Waals surface area contributed by atoms with Gasteiger partial charge in [0.05, 0.1) is 11.8 Å². The number of nitrogens with one attached hydrogen (secondary N) is 1. The number of hydrogen-bond donors (Lipinski definition) is 1. The van der Waals surface area contributed by atoms with Crippen LogP contribution in [0.2, 0.25) is 0 Å². The fraction of sp³-hybridized carbons (Fsp3) is 0.560. The van der Waals surface area contributed by atoms with Crippen molar-refractivity contribution >= 4 is 11.8 Å². The summed E-state index contributed by atoms with van der Waals surface area (Å²) in [4.78, 5) is 26.5. The molecule has 6 heteroatoms. The zero-order chi connectivity index (χ0) is 21.6. The van der Waals surface area contributed by atoms with Crippen molar-refractivity contribution in [2.45, 2.75) is 58.4 Å². The molecule has 2 aliphatic rings. The third-order valence-electron chi connectivity index (χ3n) is 6.58. The lowest BCUT2D eigenvalue weighted by atomic mass is 9.89. The lowest BCUT2D eigenvalue weighted by Crippen LogP contribution is -2.38. The van der Waals surface area contributed by atoms with E-state index in [4.69, 9.17) is 0 Å². The molecule has 0 spiro atoms. The number of aryl methyl sites for hydroxylation is 2. The van der Waals surface area contributed by atoms with Gasteiger partial charge in [-0.15, -0.1) is 0 Å². The van der Waals surface area contributed by atoms with Crippen molar-refractivity contribution in [2.75, 3.05) is 19.6 Å². The van der Waals surface area contributed by atoms with E-state index in [0.717, 1.165) is 57.8 Å². The molecule has 4 rings (SSSR count). The highest BCUT2D eigenvalue weighted by molar-refractivity contribution is 5.93. The Kier molecular flexibility index (Phi) is 7.05. The predicted molar refractivity (Wildman–Crippen MR) is 121 cm³/mol. The van der Waals surface area contributed by atoms with E-state index in [1.807, 2.05) is 18.0 Å². The summed E-state index contributed by atoms with van der Waals surface area (Å²) in [6.45, 7) is 5.28. The van der Waals surface area contributed by atoms with Crippen LogP contribution in [-0.2, 0) is 24.2 Å². The quantitative estimate of drug-likeness (QED) is 0.673. The third-order valence-corrected chi connectivity index (χ3v) is 6.58. The Balaban J connectivity index is 1.18. The number of piperidine rings is 1. The second-order valence-corrected chi connectivity index (χ2v) is 9.09. The summed E-state index contributed by atoms with van der Waals surface area (Å²) in [7, 11) is 0. The Morgan fingerprint density at radius 1 is 1.03 bits per heavy atom. The molecule has 0 atom stereocenters. The molecule has 6 nitrogen and oxygen atoms in total. The summed E-state index contributed by atoms with van der Waals surface area (Å²) in [6, 6.07) is 8.73. The van der Waals surface area contributed by atoms with Gasteiger partial charge in [-0.2, -0.15) is 5.10 Å². The standard InChI is InChI=1S/C25H34N4O2/c1-2-29-18-23(17-27-29)25(31)28-13-11-21(12-14-28)15-20-5-3-19(4-6-20)9-10-24(30)26-16-22-7-8-22/h3-6,17-18,21-22H,2,7-16H2,1H3,(H,26,30). The van der Waals surface area contributed by atoms with E-state index in [1.54, 1.807) is 10.9 Å². The van der Waals surface area contributed by atoms with Crippen LogP contribution in [0.3, 0.4) is 0 Å². The van der Waals surface area contributed by atoms with Gasteiger partial charge in [0.15, 0.2) is 0 Å². The number of hydrogen-bond acceptors (Lipinski definition) is 3. The zero-order valence-electron chi connectivity index (χ0n) is 18.6. The van der Waals surface area contributed by atoms with Crippen LogP contribution in [0.4, 0.5) is 0 Å². The van der Waals surface area contributed by atoms with E-state index >= 15 is 0 Å². The predicted octanol–water partition coefficient (Wildman–Crippen LogP) is 3.46. The Hall–Kier alpha value is -2.63. The van der Waals surface area contributed by atoms with Gasteiger partial charge in [0, 0.05) is 38.8 Å². The minimum atomic E-state index is 0.101. The smallest absolute Gasteiger partial charge is 0.257 e. The highest BCUT2D eigenvalue weighted by Crippen LogP contribution is 2.27. The molecule has 2 aromatic rings. The highest BCUT2D eigenvalue weighted by atomic mass is 16.2. The van der Waals surface area contributed by atoms with Crippen LogP contribution in [0.15, 0.2) is 36.7 Å². The largest absolute Gasteiger partial charge is 0.356 e. The molecular weight excluding hydrogens is 388 g/mol. The van der Waals surface area contributed by atoms with Crippen LogP contribution in [-0.4, -0.2) is 46.1 Å². The zero-order valence-corrected chi connectivity index (χ0v) is 18.6. The number of likely N-dealkylation sites (tertiary alicyclic amines) is 1. The van der Waals surface area contributed by atoms with E-state index in [0.29, 0.717) is 17.9 Å². The van der Waals surface area contributed by atoms with E-state index < -0.39 is 0 Å². The summed E-state index contributed by atoms with van der Waals surface area (Å²) in [5, 5.41) is 7.25. The van der Waals surface area contributed by atoms with Gasteiger partial charge in [0.1, 0.15) is 0 Å². The van der Waals surface area contributed by atoms with Crippen molar-refractivity contribution < 1.29 is 9.59 Å². The van der Waals surface area contributed by atoms with Gasteiger partial charge in [-0.3, -0.25) is 14.3 Å². The molecule has 2 fully saturated rings. The molecule has 2 amide bonds. The van der Waals surface area contributed by atoms with Crippen molar-refractivity contribution in [3.8, 4) is 0 Å². The summed E-state index contributed by atoms with van der Waals surface area (Å²) in [5.41, 5.74) is 3.26. The van der Waals surface area contributed by atoms with Crippen molar-refractivity contribution in [3.05, 3.63) is 53.3 Å². The Bertz CT molecular complexity index is 877. The first-order chi connectivity index (χ1) is 15.1. The first kappa shape index (κ1) is 21.6. The van der Waals surface area contributed by atoms with Crippen molar-refractivity contribution in [1.29, 1.82) is 0 Å². The molecule has 0 unspecified atom stereocenters. The van der Waals surface area contributed by atoms with Gasteiger partial charge in [-0.25, -0.2) is 0 Å². The van der Waals surface area contributed by atoms with Gasteiger partial charge in [-0.1, -0.05) is 24.3 Å². The molecule has 1 aromatic heterocycles. The fourth-order valence-electron chi connectivity index (χ4n) is 4.27. The topological polar surface area (TPSA) is 67.2 Å². The van der Waals surface area contributed by atoms with Crippen LogP contribution in [0.25, 0.3) is 0 Å². The Morgan fingerprint density at radius 3 is 2.39 bits per heavy atom. The maximum atomic E-state index is 12.7. The van der Waals surface area contributed by atoms with Gasteiger partial charge < -0.3 is 10.2 Å². The minimum absolute atomic E-state index is 0.101. The number of aromatic nitrogens is 2. The number of carbonyl (C=O) groups excluding carboxylic acids is 2. The average molecular weight is 423 g/mol. The van der Waals surface area contributed by atoms with E-state index in [9.17, 15) is 9.59 Å². The number of amides is 2. The molecule has 1 saturated heterocycles. The average Bonchev–Trinajstić information content (AvgIpc) is 3.51. The molecule has 2 heterocycles. The lowest BCUT2D eigenvalue weighted by molar-refractivity contribution is -0.121. The lowest BCUT2D eigenvalue weighted by Gasteiger charge is -2.32. The molecule has 1 aliphatic carbocycles. The van der Waals surface area contributed by atoms with Crippen LogP contribution in [0.1, 0.15) is 60.5 Å². The van der Waals surface area contributed by atoms with Crippen molar-refractivity contribution in [2.24, 2.45) is 11.8 Å². The van der Waals surface area contributed by atoms with E-state index in [1.165, 1.54) is 24.0 Å². The molecule has 1 N–H and O–H groups in total. The van der Waals surface area contributed by atoms with E-state index in [2.05, 4.69) is 34.7 Å². The van der Waals surface area contributed by atoms with Gasteiger partial charge >= 0.3 is 0 Å². The second kappa shape index (κ2) is 10.1. The molecule has 0 radical (unpaired) electrons. The van der Waals surface area contributed by atoms with Crippen LogP contribution in [0, 0.1) is 11.8 Å². The maximum Gasteiger partial charge on any atom is 0.257 e. The van der Waals surface area contributed by atoms with Crippen molar-refractivity contribution in [1.82, 2.24) is 20.0 Å². The minimum Gasteiger partial charge on any atom is -0.356 e. The second-order valence-electron chi connectivity index (χ2n) is 9.09. The molecule has 1 aromatic carbocycles. The highest BCUT2D eigenvalue weighted by Gasteiger charge is 2.24. The van der Waals surface area contributed by atoms with Gasteiger partial charge in [0.25, 0.3) is 5.91 Å². The number of nitrogens with zero attached hydrogens (tertiary/aromatic N) is 3. The van der Waals surface area contributed by atoms with Crippen LogP contribution < -0.4 is 5.32 Å². The van der Waals surface area contributed by atoms with Gasteiger partial charge in [0.2, 0.25) is 5.91 Å². The molecule has 31 heavy (non-hydrogen) atoms. The third kappa shape index (κ3) is 6.18. The Morgan fingerprint density at radius 2 is 1.74 bits per heavy atom. The molecule has 0 bridgehead atoms. The maximum absolute atomic E-state index is 12.7. The number of rotatable bonds is 9. The normalized spacial score (nSPS) is 17.0. The Labute approximate surface area is 185 Å². The molecule has 1 saturated carbocycles. The molecule has 1 aliphatic heterocycles. The summed E-state index contributed by atoms with van der Waals surface area (Å²) in [6.07, 6.45) is 10.5. The molecule has 166 valence electrons. The first-order valence-electron chi connectivity index (χ1n) is 11.8. The van der Waals surface area contributed by atoms with Crippen molar-refractivity contribution in [3.63, 3.8) is 0 Å². The monoisotopic (exact) mass is 422 g/mol. The first-order valence-corrected chi connectivity index (χ1v) is 11.8. The number of benzene rings is 1. The van der Waals surface area contributed by atoms with Crippen LogP contribution in [0.5, 0.6) is 0 Å². The summed E-state index contributed by atoms with van der Waals surface area (Å²) in [5.74, 6) is 1.61. The molecular formula is C25H34N4O2. The van der Waals surface area contributed by atoms with Crippen LogP contribution >= 0.6 is 0 Å². The SMILES string of the molecule is CCn1cc(C(=O)N2CCC(Cc3ccc(CCC(=O)NCC4CC4)cc3)CC2)cn1. The van der Waals surface area contributed by atoms with E-state index in [-0.39, 0.29) is 11.8 Å². The summed E-state index contributed by atoms with van der Waals surface area (Å²) >= 11 is 0. The number of carbonyl (C=O) groups is 2.